The highest BCUT2D eigenvalue weighted by molar-refractivity contribution is 5.21. The second-order valence-corrected chi connectivity index (χ2v) is 6.53. The molecule has 0 spiro atoms. The van der Waals surface area contributed by atoms with Crippen molar-refractivity contribution in [3.63, 3.8) is 0 Å². The first-order chi connectivity index (χ1) is 10.1. The molecule has 1 aromatic carbocycles. The van der Waals surface area contributed by atoms with Crippen LogP contribution in [0, 0.1) is 5.41 Å². The fourth-order valence-electron chi connectivity index (χ4n) is 3.36. The quantitative estimate of drug-likeness (QED) is 0.837. The highest BCUT2D eigenvalue weighted by Gasteiger charge is 2.33. The second-order valence-electron chi connectivity index (χ2n) is 6.53. The van der Waals surface area contributed by atoms with E-state index in [1.54, 1.807) is 0 Å². The molecule has 4 heteroatoms. The molecule has 2 unspecified atom stereocenters. The largest absolute Gasteiger partial charge is 0.394 e. The van der Waals surface area contributed by atoms with Gasteiger partial charge in [-0.2, -0.15) is 0 Å². The number of aliphatic hydroxyl groups excluding tert-OH is 1. The van der Waals surface area contributed by atoms with Gasteiger partial charge in [0.25, 0.3) is 0 Å². The summed E-state index contributed by atoms with van der Waals surface area (Å²) in [7, 11) is 2.02. The zero-order valence-corrected chi connectivity index (χ0v) is 13.4. The van der Waals surface area contributed by atoms with E-state index in [1.807, 2.05) is 7.05 Å². The van der Waals surface area contributed by atoms with Crippen molar-refractivity contribution in [1.29, 1.82) is 0 Å². The molecule has 1 fully saturated rings. The monoisotopic (exact) mass is 292 g/mol. The molecule has 21 heavy (non-hydrogen) atoms. The molecule has 1 aliphatic rings. The molecule has 2 N–H and O–H groups in total. The minimum Gasteiger partial charge on any atom is -0.394 e. The zero-order valence-electron chi connectivity index (χ0n) is 13.4. The fourth-order valence-corrected chi connectivity index (χ4v) is 3.36. The van der Waals surface area contributed by atoms with Crippen LogP contribution in [-0.4, -0.2) is 56.0 Å². The third kappa shape index (κ3) is 4.27. The summed E-state index contributed by atoms with van der Waals surface area (Å²) in [5.41, 5.74) is 1.41. The lowest BCUT2D eigenvalue weighted by Gasteiger charge is -2.41. The number of benzene rings is 1. The van der Waals surface area contributed by atoms with Crippen LogP contribution >= 0.6 is 0 Å². The van der Waals surface area contributed by atoms with E-state index in [-0.39, 0.29) is 18.1 Å². The molecular formula is C17H28N2O2. The fraction of sp³-hybridized carbons (Fsp3) is 0.647. The van der Waals surface area contributed by atoms with Gasteiger partial charge in [-0.05, 0) is 18.0 Å². The number of nitrogens with one attached hydrogen (secondary N) is 1. The van der Waals surface area contributed by atoms with E-state index in [9.17, 15) is 5.11 Å². The molecule has 0 aromatic heterocycles. The van der Waals surface area contributed by atoms with Gasteiger partial charge in [-0.25, -0.2) is 0 Å². The molecule has 1 saturated heterocycles. The van der Waals surface area contributed by atoms with E-state index < -0.39 is 0 Å². The first-order valence-corrected chi connectivity index (χ1v) is 7.74. The summed E-state index contributed by atoms with van der Waals surface area (Å²) in [6.45, 7) is 8.13. The van der Waals surface area contributed by atoms with Crippen molar-refractivity contribution in [3.8, 4) is 0 Å². The Labute approximate surface area is 128 Å². The lowest BCUT2D eigenvalue weighted by molar-refractivity contribution is -0.0627. The molecule has 0 bridgehead atoms. The van der Waals surface area contributed by atoms with E-state index in [1.165, 1.54) is 5.56 Å². The van der Waals surface area contributed by atoms with Gasteiger partial charge in [-0.15, -0.1) is 0 Å². The smallest absolute Gasteiger partial charge is 0.0932 e. The number of hydrogen-bond acceptors (Lipinski definition) is 4. The van der Waals surface area contributed by atoms with Gasteiger partial charge < -0.3 is 15.2 Å². The lowest BCUT2D eigenvalue weighted by Crippen LogP contribution is -2.49. The van der Waals surface area contributed by atoms with Gasteiger partial charge in [0.05, 0.1) is 19.3 Å². The lowest BCUT2D eigenvalue weighted by atomic mass is 9.79. The summed E-state index contributed by atoms with van der Waals surface area (Å²) in [5.74, 6) is 0. The minimum absolute atomic E-state index is 0.0423. The highest BCUT2D eigenvalue weighted by Crippen LogP contribution is 2.34. The van der Waals surface area contributed by atoms with E-state index in [2.05, 4.69) is 54.4 Å². The van der Waals surface area contributed by atoms with Crippen LogP contribution in [-0.2, 0) is 4.74 Å². The summed E-state index contributed by atoms with van der Waals surface area (Å²) >= 11 is 0. The summed E-state index contributed by atoms with van der Waals surface area (Å²) in [6, 6.07) is 10.9. The molecule has 0 aliphatic carbocycles. The van der Waals surface area contributed by atoms with Crippen LogP contribution in [0.4, 0.5) is 0 Å². The van der Waals surface area contributed by atoms with Crippen LogP contribution in [0.2, 0.25) is 0 Å². The van der Waals surface area contributed by atoms with E-state index >= 15 is 0 Å². The Balaban J connectivity index is 2.05. The third-order valence-electron chi connectivity index (χ3n) is 4.26. The maximum Gasteiger partial charge on any atom is 0.0932 e. The Morgan fingerprint density at radius 3 is 2.71 bits per heavy atom. The van der Waals surface area contributed by atoms with Crippen LogP contribution in [0.5, 0.6) is 0 Å². The molecule has 4 nitrogen and oxygen atoms in total. The Morgan fingerprint density at radius 2 is 2.10 bits per heavy atom. The normalized spacial score (nSPS) is 22.2. The van der Waals surface area contributed by atoms with Crippen LogP contribution in [0.3, 0.4) is 0 Å². The number of morpholine rings is 1. The molecule has 2 rings (SSSR count). The summed E-state index contributed by atoms with van der Waals surface area (Å²) in [5, 5.41) is 12.7. The van der Waals surface area contributed by atoms with E-state index in [4.69, 9.17) is 4.74 Å². The molecular weight excluding hydrogens is 264 g/mol. The minimum atomic E-state index is -0.0423. The third-order valence-corrected chi connectivity index (χ3v) is 4.26. The van der Waals surface area contributed by atoms with Crippen LogP contribution in [0.25, 0.3) is 0 Å². The molecule has 1 aliphatic heterocycles. The predicted molar refractivity (Wildman–Crippen MR) is 85.3 cm³/mol. The van der Waals surface area contributed by atoms with E-state index in [0.717, 1.165) is 19.6 Å². The van der Waals surface area contributed by atoms with Crippen molar-refractivity contribution in [2.45, 2.75) is 26.0 Å². The molecule has 1 aromatic rings. The average Bonchev–Trinajstić information content (AvgIpc) is 2.48. The van der Waals surface area contributed by atoms with Gasteiger partial charge in [0.1, 0.15) is 0 Å². The van der Waals surface area contributed by atoms with Crippen LogP contribution in [0.15, 0.2) is 30.3 Å². The first kappa shape index (κ1) is 16.4. The van der Waals surface area contributed by atoms with Crippen molar-refractivity contribution in [2.24, 2.45) is 5.41 Å². The molecule has 118 valence electrons. The highest BCUT2D eigenvalue weighted by atomic mass is 16.5. The van der Waals surface area contributed by atoms with Gasteiger partial charge in [-0.3, -0.25) is 4.90 Å². The standard InChI is InChI=1S/C17H28N2O2/c1-17(2,13-19-9-10-21-15(11-19)12-20)16(18-3)14-7-5-4-6-8-14/h4-8,15-16,18,20H,9-13H2,1-3H3. The van der Waals surface area contributed by atoms with Crippen molar-refractivity contribution in [1.82, 2.24) is 10.2 Å². The molecule has 2 atom stereocenters. The second kappa shape index (κ2) is 7.36. The predicted octanol–water partition coefficient (Wildman–Crippen LogP) is 1.67. The molecule has 0 radical (unpaired) electrons. The van der Waals surface area contributed by atoms with Gasteiger partial charge in [0, 0.05) is 25.7 Å². The Kier molecular flexibility index (Phi) is 5.76. The first-order valence-electron chi connectivity index (χ1n) is 7.74. The Morgan fingerprint density at radius 1 is 1.38 bits per heavy atom. The van der Waals surface area contributed by atoms with E-state index in [0.29, 0.717) is 12.6 Å². The van der Waals surface area contributed by atoms with Gasteiger partial charge in [0.2, 0.25) is 0 Å². The van der Waals surface area contributed by atoms with Crippen LogP contribution in [0.1, 0.15) is 25.5 Å². The maximum absolute atomic E-state index is 9.28. The summed E-state index contributed by atoms with van der Waals surface area (Å²) in [4.78, 5) is 2.40. The number of nitrogens with zero attached hydrogens (tertiary/aromatic N) is 1. The maximum atomic E-state index is 9.28. The molecule has 1 heterocycles. The van der Waals surface area contributed by atoms with Gasteiger partial charge in [-0.1, -0.05) is 44.2 Å². The SMILES string of the molecule is CNC(c1ccccc1)C(C)(C)CN1CCOC(CO)C1. The Bertz CT molecular complexity index is 422. The topological polar surface area (TPSA) is 44.7 Å². The Hall–Kier alpha value is -0.940. The number of aliphatic hydroxyl groups is 1. The summed E-state index contributed by atoms with van der Waals surface area (Å²) in [6.07, 6.45) is -0.0423. The zero-order chi connectivity index (χ0) is 15.3. The van der Waals surface area contributed by atoms with Gasteiger partial charge >= 0.3 is 0 Å². The molecule has 0 amide bonds. The van der Waals surface area contributed by atoms with Crippen molar-refractivity contribution < 1.29 is 9.84 Å². The molecule has 0 saturated carbocycles. The van der Waals surface area contributed by atoms with Crippen molar-refractivity contribution >= 4 is 0 Å². The van der Waals surface area contributed by atoms with Crippen molar-refractivity contribution in [3.05, 3.63) is 35.9 Å². The van der Waals surface area contributed by atoms with Gasteiger partial charge in [0.15, 0.2) is 0 Å². The van der Waals surface area contributed by atoms with Crippen LogP contribution < -0.4 is 5.32 Å². The van der Waals surface area contributed by atoms with Crippen molar-refractivity contribution in [2.75, 3.05) is 39.9 Å². The average molecular weight is 292 g/mol. The number of hydrogen-bond donors (Lipinski definition) is 2. The number of rotatable bonds is 6. The number of ether oxygens (including phenoxy) is 1. The summed E-state index contributed by atoms with van der Waals surface area (Å²) < 4.78 is 5.54.